The highest BCUT2D eigenvalue weighted by Gasteiger charge is 2.20. The van der Waals surface area contributed by atoms with E-state index in [4.69, 9.17) is 4.74 Å². The minimum atomic E-state index is -0.933. The first-order valence-corrected chi connectivity index (χ1v) is 6.17. The van der Waals surface area contributed by atoms with E-state index >= 15 is 0 Å². The van der Waals surface area contributed by atoms with Gasteiger partial charge in [-0.05, 0) is 5.39 Å². The summed E-state index contributed by atoms with van der Waals surface area (Å²) in [6.07, 6.45) is 5.52. The summed E-state index contributed by atoms with van der Waals surface area (Å²) in [5.41, 5.74) is 1.06. The second kappa shape index (κ2) is 5.22. The first-order valence-electron chi connectivity index (χ1n) is 6.17. The van der Waals surface area contributed by atoms with Crippen molar-refractivity contribution < 1.29 is 9.84 Å². The third-order valence-electron chi connectivity index (χ3n) is 3.14. The highest BCUT2D eigenvalue weighted by molar-refractivity contribution is 5.85. The van der Waals surface area contributed by atoms with Gasteiger partial charge in [0.1, 0.15) is 11.8 Å². The second-order valence-electron chi connectivity index (χ2n) is 4.30. The number of rotatable bonds is 3. The number of pyridine rings is 1. The molecular weight excluding hydrogens is 254 g/mol. The number of benzene rings is 1. The van der Waals surface area contributed by atoms with E-state index in [9.17, 15) is 5.11 Å². The Morgan fingerprint density at radius 1 is 1.10 bits per heavy atom. The number of hydrogen-bond donors (Lipinski definition) is 1. The van der Waals surface area contributed by atoms with Gasteiger partial charge in [-0.2, -0.15) is 0 Å². The molecule has 0 saturated heterocycles. The van der Waals surface area contributed by atoms with Crippen LogP contribution in [0.3, 0.4) is 0 Å². The van der Waals surface area contributed by atoms with Gasteiger partial charge in [0, 0.05) is 35.7 Å². The minimum absolute atomic E-state index is 0.313. The maximum absolute atomic E-state index is 10.6. The van der Waals surface area contributed by atoms with E-state index in [1.807, 2.05) is 24.3 Å². The lowest BCUT2D eigenvalue weighted by Crippen LogP contribution is -2.07. The standard InChI is InChI=1S/C15H13N3O2/c1-20-15-13(17-6-7-18-15)14(19)12-9-16-8-10-4-2-3-5-11(10)12/h2-9,14,19H,1H3. The van der Waals surface area contributed by atoms with E-state index in [1.165, 1.54) is 19.5 Å². The van der Waals surface area contributed by atoms with Crippen molar-refractivity contribution in [3.63, 3.8) is 0 Å². The van der Waals surface area contributed by atoms with Crippen LogP contribution in [0.2, 0.25) is 0 Å². The molecule has 20 heavy (non-hydrogen) atoms. The number of aliphatic hydroxyl groups excluding tert-OH is 1. The Morgan fingerprint density at radius 2 is 1.90 bits per heavy atom. The zero-order valence-electron chi connectivity index (χ0n) is 10.9. The zero-order valence-corrected chi connectivity index (χ0v) is 10.9. The number of methoxy groups -OCH3 is 1. The van der Waals surface area contributed by atoms with E-state index in [2.05, 4.69) is 15.0 Å². The molecule has 0 aliphatic heterocycles. The summed E-state index contributed by atoms with van der Waals surface area (Å²) in [5.74, 6) is 0.313. The van der Waals surface area contributed by atoms with Gasteiger partial charge in [0.05, 0.1) is 7.11 Å². The quantitative estimate of drug-likeness (QED) is 0.787. The molecule has 5 heteroatoms. The Labute approximate surface area is 115 Å². The van der Waals surface area contributed by atoms with E-state index < -0.39 is 6.10 Å². The number of fused-ring (bicyclic) bond motifs is 1. The van der Waals surface area contributed by atoms with Gasteiger partial charge >= 0.3 is 0 Å². The van der Waals surface area contributed by atoms with Crippen LogP contribution in [0.5, 0.6) is 5.88 Å². The molecule has 3 aromatic rings. The molecule has 1 unspecified atom stereocenters. The Bertz CT molecular complexity index is 741. The number of ether oxygens (including phenoxy) is 1. The van der Waals surface area contributed by atoms with Gasteiger partial charge in [-0.1, -0.05) is 24.3 Å². The summed E-state index contributed by atoms with van der Waals surface area (Å²) in [5, 5.41) is 12.5. The van der Waals surface area contributed by atoms with Gasteiger partial charge in [-0.3, -0.25) is 9.97 Å². The monoisotopic (exact) mass is 267 g/mol. The zero-order chi connectivity index (χ0) is 13.9. The lowest BCUT2D eigenvalue weighted by molar-refractivity contribution is 0.208. The van der Waals surface area contributed by atoms with Crippen molar-refractivity contribution in [2.45, 2.75) is 6.10 Å². The third-order valence-corrected chi connectivity index (χ3v) is 3.14. The third kappa shape index (κ3) is 2.08. The molecule has 0 aliphatic rings. The van der Waals surface area contributed by atoms with E-state index in [-0.39, 0.29) is 0 Å². The fraction of sp³-hybridized carbons (Fsp3) is 0.133. The molecule has 5 nitrogen and oxygen atoms in total. The van der Waals surface area contributed by atoms with Gasteiger partial charge in [0.25, 0.3) is 0 Å². The lowest BCUT2D eigenvalue weighted by atomic mass is 10.0. The molecule has 1 aromatic carbocycles. The van der Waals surface area contributed by atoms with E-state index in [0.29, 0.717) is 17.1 Å². The normalized spacial score (nSPS) is 12.3. The number of hydrogen-bond acceptors (Lipinski definition) is 5. The Hall–Kier alpha value is -2.53. The summed E-state index contributed by atoms with van der Waals surface area (Å²) < 4.78 is 5.15. The smallest absolute Gasteiger partial charge is 0.238 e. The van der Waals surface area contributed by atoms with Gasteiger partial charge in [0.15, 0.2) is 0 Å². The predicted molar refractivity (Wildman–Crippen MR) is 74.4 cm³/mol. The van der Waals surface area contributed by atoms with E-state index in [0.717, 1.165) is 10.8 Å². The molecule has 0 fully saturated rings. The van der Waals surface area contributed by atoms with Crippen LogP contribution in [-0.2, 0) is 0 Å². The van der Waals surface area contributed by atoms with Crippen LogP contribution in [0.4, 0.5) is 0 Å². The molecule has 0 amide bonds. The molecule has 1 N–H and O–H groups in total. The van der Waals surface area contributed by atoms with E-state index in [1.54, 1.807) is 12.4 Å². The Kier molecular flexibility index (Phi) is 3.26. The highest BCUT2D eigenvalue weighted by atomic mass is 16.5. The molecule has 3 rings (SSSR count). The molecule has 2 aromatic heterocycles. The van der Waals surface area contributed by atoms with Gasteiger partial charge < -0.3 is 9.84 Å². The van der Waals surface area contributed by atoms with Crippen molar-refractivity contribution in [2.24, 2.45) is 0 Å². The lowest BCUT2D eigenvalue weighted by Gasteiger charge is -2.14. The van der Waals surface area contributed by atoms with Gasteiger partial charge in [-0.15, -0.1) is 0 Å². The molecule has 100 valence electrons. The van der Waals surface area contributed by atoms with Crippen LogP contribution in [-0.4, -0.2) is 27.2 Å². The highest BCUT2D eigenvalue weighted by Crippen LogP contribution is 2.30. The summed E-state index contributed by atoms with van der Waals surface area (Å²) in [7, 11) is 1.50. The molecule has 2 heterocycles. The first kappa shape index (κ1) is 12.5. The van der Waals surface area contributed by atoms with Crippen LogP contribution in [0.1, 0.15) is 17.4 Å². The molecule has 0 saturated carbocycles. The molecular formula is C15H13N3O2. The van der Waals surface area contributed by atoms with Crippen LogP contribution < -0.4 is 4.74 Å². The summed E-state index contributed by atoms with van der Waals surface area (Å²) in [6, 6.07) is 7.75. The van der Waals surface area contributed by atoms with Crippen molar-refractivity contribution in [2.75, 3.05) is 7.11 Å². The molecule has 1 atom stereocenters. The van der Waals surface area contributed by atoms with Crippen LogP contribution in [0, 0.1) is 0 Å². The van der Waals surface area contributed by atoms with Gasteiger partial charge in [0.2, 0.25) is 5.88 Å². The maximum Gasteiger partial charge on any atom is 0.238 e. The average Bonchev–Trinajstić information content (AvgIpc) is 2.53. The SMILES string of the molecule is COc1nccnc1C(O)c1cncc2ccccc12. The molecule has 0 aliphatic carbocycles. The second-order valence-corrected chi connectivity index (χ2v) is 4.30. The minimum Gasteiger partial charge on any atom is -0.480 e. The Balaban J connectivity index is 2.15. The molecule has 0 radical (unpaired) electrons. The van der Waals surface area contributed by atoms with Crippen LogP contribution in [0.15, 0.2) is 49.1 Å². The summed E-state index contributed by atoms with van der Waals surface area (Å²) in [6.45, 7) is 0. The molecule has 0 spiro atoms. The number of aromatic nitrogens is 3. The predicted octanol–water partition coefficient (Wildman–Crippen LogP) is 2.12. The van der Waals surface area contributed by atoms with Crippen molar-refractivity contribution >= 4 is 10.8 Å². The van der Waals surface area contributed by atoms with Crippen LogP contribution >= 0.6 is 0 Å². The maximum atomic E-state index is 10.6. The largest absolute Gasteiger partial charge is 0.480 e. The number of nitrogens with zero attached hydrogens (tertiary/aromatic N) is 3. The number of aliphatic hydroxyl groups is 1. The van der Waals surface area contributed by atoms with Crippen molar-refractivity contribution in [1.29, 1.82) is 0 Å². The fourth-order valence-corrected chi connectivity index (χ4v) is 2.19. The first-order chi connectivity index (χ1) is 9.81. The topological polar surface area (TPSA) is 68.1 Å². The summed E-state index contributed by atoms with van der Waals surface area (Å²) in [4.78, 5) is 12.4. The molecule has 0 bridgehead atoms. The van der Waals surface area contributed by atoms with Crippen LogP contribution in [0.25, 0.3) is 10.8 Å². The van der Waals surface area contributed by atoms with Crippen molar-refractivity contribution in [3.05, 3.63) is 60.3 Å². The Morgan fingerprint density at radius 3 is 2.75 bits per heavy atom. The van der Waals surface area contributed by atoms with Gasteiger partial charge in [-0.25, -0.2) is 4.98 Å². The van der Waals surface area contributed by atoms with Crippen molar-refractivity contribution in [1.82, 2.24) is 15.0 Å². The average molecular weight is 267 g/mol. The fourth-order valence-electron chi connectivity index (χ4n) is 2.19. The summed E-state index contributed by atoms with van der Waals surface area (Å²) >= 11 is 0. The van der Waals surface area contributed by atoms with Crippen molar-refractivity contribution in [3.8, 4) is 5.88 Å².